The van der Waals surface area contributed by atoms with E-state index in [0.717, 1.165) is 11.5 Å². The topological polar surface area (TPSA) is 49.9 Å². The standard InChI is InChI=1S/C17H14FN3OS/c18-14-8-4-7-13-15(20-19-11-5-2-1-3-6-11)17(22)21(16(13)14)12-9-23-10-12/h1-8,12,22H,9-10H2. The fourth-order valence-electron chi connectivity index (χ4n) is 2.72. The van der Waals surface area contributed by atoms with Gasteiger partial charge in [-0.05, 0) is 18.2 Å². The number of para-hydroxylation sites is 1. The summed E-state index contributed by atoms with van der Waals surface area (Å²) in [6.07, 6.45) is 0. The third kappa shape index (κ3) is 2.39. The molecular weight excluding hydrogens is 313 g/mol. The molecule has 4 rings (SSSR count). The summed E-state index contributed by atoms with van der Waals surface area (Å²) in [6, 6.07) is 14.2. The van der Waals surface area contributed by atoms with Crippen molar-refractivity contribution < 1.29 is 9.50 Å². The second-order valence-electron chi connectivity index (χ2n) is 5.41. The van der Waals surface area contributed by atoms with Crippen molar-refractivity contribution in [2.24, 2.45) is 10.2 Å². The molecule has 2 heterocycles. The molecule has 4 nitrogen and oxygen atoms in total. The van der Waals surface area contributed by atoms with E-state index in [2.05, 4.69) is 10.2 Å². The fourth-order valence-corrected chi connectivity index (χ4v) is 3.47. The zero-order valence-electron chi connectivity index (χ0n) is 12.2. The number of aromatic hydroxyl groups is 1. The monoisotopic (exact) mass is 327 g/mol. The molecule has 116 valence electrons. The number of hydrogen-bond acceptors (Lipinski definition) is 4. The van der Waals surface area contributed by atoms with E-state index in [1.807, 2.05) is 30.3 Å². The molecule has 1 aromatic heterocycles. The first-order valence-electron chi connectivity index (χ1n) is 7.31. The van der Waals surface area contributed by atoms with Crippen molar-refractivity contribution in [2.75, 3.05) is 11.5 Å². The lowest BCUT2D eigenvalue weighted by molar-refractivity contribution is 0.404. The largest absolute Gasteiger partial charge is 0.493 e. The minimum atomic E-state index is -0.351. The van der Waals surface area contributed by atoms with E-state index >= 15 is 0 Å². The minimum Gasteiger partial charge on any atom is -0.493 e. The lowest BCUT2D eigenvalue weighted by Crippen LogP contribution is -2.22. The summed E-state index contributed by atoms with van der Waals surface area (Å²) >= 11 is 1.77. The predicted molar refractivity (Wildman–Crippen MR) is 90.5 cm³/mol. The number of nitrogens with zero attached hydrogens (tertiary/aromatic N) is 3. The van der Waals surface area contributed by atoms with Gasteiger partial charge in [-0.25, -0.2) is 4.39 Å². The number of aromatic nitrogens is 1. The highest BCUT2D eigenvalue weighted by atomic mass is 32.2. The molecule has 0 aliphatic carbocycles. The van der Waals surface area contributed by atoms with E-state index in [4.69, 9.17) is 0 Å². The Hall–Kier alpha value is -2.34. The van der Waals surface area contributed by atoms with Gasteiger partial charge in [-0.15, -0.1) is 5.11 Å². The molecule has 1 aliphatic rings. The highest BCUT2D eigenvalue weighted by molar-refractivity contribution is 8.00. The van der Waals surface area contributed by atoms with Crippen LogP contribution in [0.2, 0.25) is 0 Å². The van der Waals surface area contributed by atoms with E-state index in [0.29, 0.717) is 22.3 Å². The van der Waals surface area contributed by atoms with Crippen LogP contribution in [0.1, 0.15) is 6.04 Å². The van der Waals surface area contributed by atoms with Crippen LogP contribution >= 0.6 is 11.8 Å². The van der Waals surface area contributed by atoms with E-state index < -0.39 is 0 Å². The normalized spacial score (nSPS) is 15.3. The highest BCUT2D eigenvalue weighted by Crippen LogP contribution is 2.45. The quantitative estimate of drug-likeness (QED) is 0.673. The van der Waals surface area contributed by atoms with Gasteiger partial charge in [-0.3, -0.25) is 0 Å². The molecule has 0 spiro atoms. The van der Waals surface area contributed by atoms with Gasteiger partial charge in [0.25, 0.3) is 0 Å². The average Bonchev–Trinajstić information content (AvgIpc) is 2.79. The first kappa shape index (κ1) is 14.3. The Morgan fingerprint density at radius 2 is 1.83 bits per heavy atom. The van der Waals surface area contributed by atoms with Gasteiger partial charge in [0, 0.05) is 16.9 Å². The molecule has 0 radical (unpaired) electrons. The van der Waals surface area contributed by atoms with Crippen molar-refractivity contribution in [3.8, 4) is 5.88 Å². The van der Waals surface area contributed by atoms with Crippen molar-refractivity contribution in [2.45, 2.75) is 6.04 Å². The molecule has 0 bridgehead atoms. The fraction of sp³-hybridized carbons (Fsp3) is 0.176. The zero-order valence-corrected chi connectivity index (χ0v) is 13.0. The third-order valence-electron chi connectivity index (χ3n) is 3.93. The smallest absolute Gasteiger partial charge is 0.221 e. The van der Waals surface area contributed by atoms with Crippen LogP contribution in [0.3, 0.4) is 0 Å². The Morgan fingerprint density at radius 3 is 2.52 bits per heavy atom. The Balaban J connectivity index is 1.88. The van der Waals surface area contributed by atoms with Crippen LogP contribution in [0.4, 0.5) is 15.8 Å². The van der Waals surface area contributed by atoms with Gasteiger partial charge in [0.2, 0.25) is 5.88 Å². The maximum Gasteiger partial charge on any atom is 0.221 e. The molecular formula is C17H14FN3OS. The SMILES string of the molecule is Oc1c(N=Nc2ccccc2)c2cccc(F)c2n1C1CSC1. The van der Waals surface area contributed by atoms with Gasteiger partial charge in [0.1, 0.15) is 5.82 Å². The molecule has 0 atom stereocenters. The van der Waals surface area contributed by atoms with E-state index in [1.165, 1.54) is 6.07 Å². The second-order valence-corrected chi connectivity index (χ2v) is 6.48. The number of azo groups is 1. The Kier molecular flexibility index (Phi) is 3.53. The molecule has 3 aromatic rings. The minimum absolute atomic E-state index is 0.0184. The van der Waals surface area contributed by atoms with E-state index in [9.17, 15) is 9.50 Å². The Bertz CT molecular complexity index is 888. The lowest BCUT2D eigenvalue weighted by Gasteiger charge is -2.27. The van der Waals surface area contributed by atoms with Crippen LogP contribution in [0.15, 0.2) is 58.8 Å². The highest BCUT2D eigenvalue weighted by Gasteiger charge is 2.28. The molecule has 1 saturated heterocycles. The number of rotatable bonds is 3. The molecule has 2 aromatic carbocycles. The second kappa shape index (κ2) is 5.70. The van der Waals surface area contributed by atoms with Gasteiger partial charge in [0.15, 0.2) is 5.69 Å². The van der Waals surface area contributed by atoms with Gasteiger partial charge in [0.05, 0.1) is 17.2 Å². The van der Waals surface area contributed by atoms with Crippen molar-refractivity contribution in [1.29, 1.82) is 0 Å². The van der Waals surface area contributed by atoms with Gasteiger partial charge >= 0.3 is 0 Å². The van der Waals surface area contributed by atoms with Crippen molar-refractivity contribution in [3.05, 3.63) is 54.3 Å². The number of hydrogen-bond donors (Lipinski definition) is 1. The molecule has 0 saturated carbocycles. The van der Waals surface area contributed by atoms with E-state index in [1.54, 1.807) is 28.5 Å². The summed E-state index contributed by atoms with van der Waals surface area (Å²) in [5.74, 6) is 1.35. The van der Waals surface area contributed by atoms with E-state index in [-0.39, 0.29) is 17.7 Å². The van der Waals surface area contributed by atoms with Gasteiger partial charge in [-0.1, -0.05) is 30.3 Å². The summed E-state index contributed by atoms with van der Waals surface area (Å²) in [5, 5.41) is 19.5. The molecule has 6 heteroatoms. The van der Waals surface area contributed by atoms with Crippen LogP contribution in [0.5, 0.6) is 5.88 Å². The number of thioether (sulfide) groups is 1. The summed E-state index contributed by atoms with van der Waals surface area (Å²) in [5.41, 5.74) is 1.40. The molecule has 1 N–H and O–H groups in total. The Morgan fingerprint density at radius 1 is 1.04 bits per heavy atom. The van der Waals surface area contributed by atoms with Crippen LogP contribution in [0.25, 0.3) is 10.9 Å². The van der Waals surface area contributed by atoms with Gasteiger partial charge < -0.3 is 9.67 Å². The molecule has 23 heavy (non-hydrogen) atoms. The first-order chi connectivity index (χ1) is 11.3. The van der Waals surface area contributed by atoms with Crippen molar-refractivity contribution in [1.82, 2.24) is 4.57 Å². The number of benzene rings is 2. The van der Waals surface area contributed by atoms with Gasteiger partial charge in [-0.2, -0.15) is 16.9 Å². The summed E-state index contributed by atoms with van der Waals surface area (Å²) < 4.78 is 16.0. The van der Waals surface area contributed by atoms with Crippen LogP contribution in [-0.2, 0) is 0 Å². The predicted octanol–water partition coefficient (Wildman–Crippen LogP) is 5.19. The Labute approximate surface area is 136 Å². The van der Waals surface area contributed by atoms with Crippen LogP contribution < -0.4 is 0 Å². The van der Waals surface area contributed by atoms with Crippen molar-refractivity contribution in [3.63, 3.8) is 0 Å². The average molecular weight is 327 g/mol. The molecule has 0 unspecified atom stereocenters. The summed E-state index contributed by atoms with van der Waals surface area (Å²) in [4.78, 5) is 0. The zero-order chi connectivity index (χ0) is 15.8. The summed E-state index contributed by atoms with van der Waals surface area (Å²) in [6.45, 7) is 0. The third-order valence-corrected chi connectivity index (χ3v) is 5.17. The number of halogens is 1. The molecule has 1 fully saturated rings. The molecule has 0 amide bonds. The van der Waals surface area contributed by atoms with Crippen molar-refractivity contribution >= 4 is 34.0 Å². The summed E-state index contributed by atoms with van der Waals surface area (Å²) in [7, 11) is 0. The maximum absolute atomic E-state index is 14.3. The maximum atomic E-state index is 14.3. The van der Waals surface area contributed by atoms with Crippen LogP contribution in [-0.4, -0.2) is 21.2 Å². The number of fused-ring (bicyclic) bond motifs is 1. The first-order valence-corrected chi connectivity index (χ1v) is 8.47. The molecule has 1 aliphatic heterocycles. The van der Waals surface area contributed by atoms with Crippen LogP contribution in [0, 0.1) is 5.82 Å². The lowest BCUT2D eigenvalue weighted by atomic mass is 10.2.